The van der Waals surface area contributed by atoms with E-state index in [1.165, 1.54) is 6.92 Å². The molecule has 156 valence electrons. The number of rotatable bonds is 7. The van der Waals surface area contributed by atoms with Gasteiger partial charge in [-0.05, 0) is 38.5 Å². The Labute approximate surface area is 167 Å². The summed E-state index contributed by atoms with van der Waals surface area (Å²) < 4.78 is 15.6. The van der Waals surface area contributed by atoms with Gasteiger partial charge in [-0.15, -0.1) is 0 Å². The molecule has 3 rings (SSSR count). The Bertz CT molecular complexity index is 852. The van der Waals surface area contributed by atoms with Crippen LogP contribution in [0.5, 0.6) is 11.5 Å². The Hall–Kier alpha value is -3.30. The summed E-state index contributed by atoms with van der Waals surface area (Å²) in [6.07, 6.45) is -1.22. The van der Waals surface area contributed by atoms with Crippen molar-refractivity contribution in [1.29, 1.82) is 0 Å². The van der Waals surface area contributed by atoms with Crippen molar-refractivity contribution in [2.75, 3.05) is 13.3 Å². The minimum Gasteiger partial charge on any atom is -0.454 e. The third-order valence-corrected chi connectivity index (χ3v) is 4.57. The topological polar surface area (TPSA) is 123 Å². The van der Waals surface area contributed by atoms with Crippen molar-refractivity contribution in [1.82, 2.24) is 15.5 Å². The summed E-state index contributed by atoms with van der Waals surface area (Å²) in [4.78, 5) is 49.0. The summed E-state index contributed by atoms with van der Waals surface area (Å²) in [6, 6.07) is 4.76. The number of benzene rings is 1. The minimum atomic E-state index is -1.02. The van der Waals surface area contributed by atoms with Gasteiger partial charge in [0.25, 0.3) is 11.8 Å². The zero-order chi connectivity index (χ0) is 21.2. The number of carbonyl (C=O) groups excluding carboxylic acids is 4. The average molecular weight is 405 g/mol. The van der Waals surface area contributed by atoms with Gasteiger partial charge in [0, 0.05) is 13.1 Å². The molecule has 0 radical (unpaired) electrons. The van der Waals surface area contributed by atoms with E-state index in [0.717, 1.165) is 10.5 Å². The Balaban J connectivity index is 1.42. The van der Waals surface area contributed by atoms with Crippen LogP contribution in [0, 0.1) is 0 Å². The van der Waals surface area contributed by atoms with Crippen LogP contribution in [0.1, 0.15) is 32.8 Å². The molecule has 1 saturated heterocycles. The first kappa shape index (κ1) is 20.4. The first-order valence-electron chi connectivity index (χ1n) is 9.17. The fraction of sp³-hybridized carbons (Fsp3) is 0.474. The highest BCUT2D eigenvalue weighted by Gasteiger charge is 2.44. The lowest BCUT2D eigenvalue weighted by molar-refractivity contribution is -0.155. The summed E-state index contributed by atoms with van der Waals surface area (Å²) in [6.45, 7) is 4.90. The minimum absolute atomic E-state index is 0.113. The van der Waals surface area contributed by atoms with E-state index in [1.54, 1.807) is 32.0 Å². The molecule has 1 aromatic carbocycles. The Morgan fingerprint density at radius 3 is 2.69 bits per heavy atom. The highest BCUT2D eigenvalue weighted by Crippen LogP contribution is 2.32. The van der Waals surface area contributed by atoms with Crippen LogP contribution in [-0.4, -0.2) is 53.7 Å². The molecule has 0 aliphatic carbocycles. The third kappa shape index (κ3) is 4.58. The number of nitrogens with one attached hydrogen (secondary N) is 2. The summed E-state index contributed by atoms with van der Waals surface area (Å²) >= 11 is 0. The van der Waals surface area contributed by atoms with Crippen molar-refractivity contribution in [3.63, 3.8) is 0 Å². The second kappa shape index (κ2) is 7.98. The van der Waals surface area contributed by atoms with Gasteiger partial charge in [-0.2, -0.15) is 0 Å². The molecule has 2 heterocycles. The van der Waals surface area contributed by atoms with Crippen LogP contribution in [0.4, 0.5) is 4.79 Å². The van der Waals surface area contributed by atoms with Gasteiger partial charge in [0.2, 0.25) is 6.79 Å². The highest BCUT2D eigenvalue weighted by molar-refractivity contribution is 6.06. The lowest BCUT2D eigenvalue weighted by Crippen LogP contribution is -2.40. The average Bonchev–Trinajstić information content (AvgIpc) is 3.20. The molecule has 2 aliphatic heterocycles. The van der Waals surface area contributed by atoms with Gasteiger partial charge in [0.1, 0.15) is 5.54 Å². The lowest BCUT2D eigenvalue weighted by Gasteiger charge is -2.17. The second-order valence-electron chi connectivity index (χ2n) is 7.30. The first-order chi connectivity index (χ1) is 13.7. The van der Waals surface area contributed by atoms with Crippen molar-refractivity contribution in [2.24, 2.45) is 0 Å². The van der Waals surface area contributed by atoms with Crippen LogP contribution >= 0.6 is 0 Å². The number of nitrogens with zero attached hydrogens (tertiary/aromatic N) is 1. The molecule has 1 aromatic rings. The molecule has 0 bridgehead atoms. The zero-order valence-electron chi connectivity index (χ0n) is 16.4. The van der Waals surface area contributed by atoms with Gasteiger partial charge in [0.15, 0.2) is 17.6 Å². The van der Waals surface area contributed by atoms with Crippen LogP contribution in [0.15, 0.2) is 18.2 Å². The van der Waals surface area contributed by atoms with Gasteiger partial charge in [-0.3, -0.25) is 19.3 Å². The van der Waals surface area contributed by atoms with Gasteiger partial charge < -0.3 is 24.8 Å². The maximum Gasteiger partial charge on any atom is 0.325 e. The van der Waals surface area contributed by atoms with E-state index in [9.17, 15) is 19.2 Å². The van der Waals surface area contributed by atoms with Gasteiger partial charge in [0.05, 0.1) is 6.42 Å². The molecular formula is C19H23N3O7. The lowest BCUT2D eigenvalue weighted by atomic mass is 10.1. The van der Waals surface area contributed by atoms with E-state index in [4.69, 9.17) is 14.2 Å². The van der Waals surface area contributed by atoms with E-state index in [2.05, 4.69) is 10.6 Å². The van der Waals surface area contributed by atoms with E-state index in [-0.39, 0.29) is 26.3 Å². The predicted octanol–water partition coefficient (Wildman–Crippen LogP) is 0.684. The van der Waals surface area contributed by atoms with Crippen LogP contribution < -0.4 is 20.1 Å². The summed E-state index contributed by atoms with van der Waals surface area (Å²) in [7, 11) is 0. The fourth-order valence-electron chi connectivity index (χ4n) is 2.92. The van der Waals surface area contributed by atoms with E-state index in [0.29, 0.717) is 11.5 Å². The van der Waals surface area contributed by atoms with Gasteiger partial charge in [-0.25, -0.2) is 4.79 Å². The Morgan fingerprint density at radius 2 is 2.00 bits per heavy atom. The number of esters is 1. The maximum atomic E-state index is 12.2. The van der Waals surface area contributed by atoms with Crippen molar-refractivity contribution in [2.45, 2.75) is 45.4 Å². The van der Waals surface area contributed by atoms with Crippen LogP contribution in [0.25, 0.3) is 0 Å². The molecular weight excluding hydrogens is 382 g/mol. The van der Waals surface area contributed by atoms with Crippen LogP contribution in [-0.2, 0) is 25.7 Å². The molecule has 1 atom stereocenters. The van der Waals surface area contributed by atoms with Crippen molar-refractivity contribution >= 4 is 23.8 Å². The number of hydrogen-bond donors (Lipinski definition) is 2. The standard InChI is InChI=1S/C19H23N3O7/c1-11(16(24)20-9-12-4-5-13-14(8-12)28-10-27-13)29-15(23)6-7-22-17(25)19(2,3)21-18(22)26/h4-5,8,11H,6-7,9-10H2,1-3H3,(H,20,24)(H,21,26). The summed E-state index contributed by atoms with van der Waals surface area (Å²) in [5, 5.41) is 5.20. The monoisotopic (exact) mass is 405 g/mol. The second-order valence-corrected chi connectivity index (χ2v) is 7.30. The molecule has 2 N–H and O–H groups in total. The molecule has 0 saturated carbocycles. The third-order valence-electron chi connectivity index (χ3n) is 4.57. The molecule has 1 unspecified atom stereocenters. The summed E-state index contributed by atoms with van der Waals surface area (Å²) in [5.74, 6) is -0.297. The number of ether oxygens (including phenoxy) is 3. The molecule has 1 fully saturated rings. The Morgan fingerprint density at radius 1 is 1.28 bits per heavy atom. The predicted molar refractivity (Wildman–Crippen MR) is 98.9 cm³/mol. The highest BCUT2D eigenvalue weighted by atomic mass is 16.7. The summed E-state index contributed by atoms with van der Waals surface area (Å²) in [5.41, 5.74) is -0.189. The number of fused-ring (bicyclic) bond motifs is 1. The van der Waals surface area contributed by atoms with Crippen LogP contribution in [0.2, 0.25) is 0 Å². The number of hydrogen-bond acceptors (Lipinski definition) is 7. The largest absolute Gasteiger partial charge is 0.454 e. The van der Waals surface area contributed by atoms with Crippen molar-refractivity contribution in [3.8, 4) is 11.5 Å². The van der Waals surface area contributed by atoms with E-state index < -0.39 is 35.5 Å². The molecule has 0 aromatic heterocycles. The number of urea groups is 1. The fourth-order valence-corrected chi connectivity index (χ4v) is 2.92. The number of imide groups is 1. The smallest absolute Gasteiger partial charge is 0.325 e. The maximum absolute atomic E-state index is 12.2. The van der Waals surface area contributed by atoms with Crippen molar-refractivity contribution < 1.29 is 33.4 Å². The SMILES string of the molecule is CC(OC(=O)CCN1C(=O)NC(C)(C)C1=O)C(=O)NCc1ccc2c(c1)OCO2. The van der Waals surface area contributed by atoms with Gasteiger partial charge in [-0.1, -0.05) is 6.07 Å². The van der Waals surface area contributed by atoms with E-state index in [1.807, 2.05) is 0 Å². The number of amides is 4. The Kier molecular flexibility index (Phi) is 5.62. The zero-order valence-corrected chi connectivity index (χ0v) is 16.4. The number of carbonyl (C=O) groups is 4. The molecule has 0 spiro atoms. The van der Waals surface area contributed by atoms with Crippen molar-refractivity contribution in [3.05, 3.63) is 23.8 Å². The van der Waals surface area contributed by atoms with E-state index >= 15 is 0 Å². The normalized spacial score (nSPS) is 17.7. The van der Waals surface area contributed by atoms with Gasteiger partial charge >= 0.3 is 12.0 Å². The van der Waals surface area contributed by atoms with Crippen LogP contribution in [0.3, 0.4) is 0 Å². The molecule has 4 amide bonds. The molecule has 29 heavy (non-hydrogen) atoms. The quantitative estimate of drug-likeness (QED) is 0.505. The molecule has 2 aliphatic rings. The molecule has 10 nitrogen and oxygen atoms in total. The first-order valence-corrected chi connectivity index (χ1v) is 9.17. The molecule has 10 heteroatoms.